The van der Waals surface area contributed by atoms with Gasteiger partial charge in [-0.3, -0.25) is 10.1 Å². The topological polar surface area (TPSA) is 41.6 Å². The molecule has 1 amide bonds. The largest absolute Gasteiger partial charge is 0.381 e. The molecular formula is C10H18N2O2. The van der Waals surface area contributed by atoms with Crippen molar-refractivity contribution >= 4 is 5.91 Å². The molecule has 2 heterocycles. The smallest absolute Gasteiger partial charge is 0.237 e. The predicted molar refractivity (Wildman–Crippen MR) is 52.7 cm³/mol. The number of carbonyl (C=O) groups is 1. The lowest BCUT2D eigenvalue weighted by molar-refractivity contribution is -0.129. The summed E-state index contributed by atoms with van der Waals surface area (Å²) in [6, 6.07) is 0. The van der Waals surface area contributed by atoms with Crippen LogP contribution < -0.4 is 5.32 Å². The van der Waals surface area contributed by atoms with Crippen LogP contribution in [0.25, 0.3) is 0 Å². The van der Waals surface area contributed by atoms with Gasteiger partial charge in [0.25, 0.3) is 0 Å². The van der Waals surface area contributed by atoms with Gasteiger partial charge in [0.2, 0.25) is 5.91 Å². The number of hydrogen-bond donors (Lipinski definition) is 1. The highest BCUT2D eigenvalue weighted by Gasteiger charge is 2.29. The third-order valence-electron chi connectivity index (χ3n) is 3.05. The molecule has 2 fully saturated rings. The van der Waals surface area contributed by atoms with Gasteiger partial charge in [-0.05, 0) is 19.8 Å². The van der Waals surface area contributed by atoms with E-state index >= 15 is 0 Å². The first-order valence-corrected chi connectivity index (χ1v) is 5.38. The van der Waals surface area contributed by atoms with Crippen LogP contribution in [-0.2, 0) is 9.53 Å². The molecule has 0 aromatic carbocycles. The van der Waals surface area contributed by atoms with Crippen molar-refractivity contribution < 1.29 is 9.53 Å². The summed E-state index contributed by atoms with van der Waals surface area (Å²) in [4.78, 5) is 13.4. The summed E-state index contributed by atoms with van der Waals surface area (Å²) in [6.07, 6.45) is 2.52. The Kier molecular flexibility index (Phi) is 3.03. The number of carbonyl (C=O) groups excluding carboxylic acids is 1. The minimum absolute atomic E-state index is 0.199. The number of amides is 1. The molecule has 4 heteroatoms. The molecule has 2 aliphatic rings. The zero-order chi connectivity index (χ0) is 9.97. The Balaban J connectivity index is 1.85. The maximum Gasteiger partial charge on any atom is 0.237 e. The standard InChI is InChI=1S/C10H18N2O2/c1-8-11-5-10(13)12(8)6-9-3-2-4-14-7-9/h8-9,11H,2-7H2,1H3. The van der Waals surface area contributed by atoms with Crippen LogP contribution >= 0.6 is 0 Å². The van der Waals surface area contributed by atoms with E-state index in [1.165, 1.54) is 6.42 Å². The number of nitrogens with zero attached hydrogens (tertiary/aromatic N) is 1. The van der Waals surface area contributed by atoms with Crippen molar-refractivity contribution in [1.82, 2.24) is 10.2 Å². The first kappa shape index (κ1) is 9.93. The van der Waals surface area contributed by atoms with Crippen molar-refractivity contribution in [2.75, 3.05) is 26.3 Å². The lowest BCUT2D eigenvalue weighted by atomic mass is 10.0. The van der Waals surface area contributed by atoms with Gasteiger partial charge in [0.15, 0.2) is 0 Å². The first-order chi connectivity index (χ1) is 6.77. The Bertz CT molecular complexity index is 214. The lowest BCUT2D eigenvalue weighted by Crippen LogP contribution is -2.40. The minimum atomic E-state index is 0.199. The second-order valence-electron chi connectivity index (χ2n) is 4.19. The van der Waals surface area contributed by atoms with Gasteiger partial charge in [-0.1, -0.05) is 0 Å². The average Bonchev–Trinajstić information content (AvgIpc) is 2.51. The van der Waals surface area contributed by atoms with Crippen molar-refractivity contribution in [2.24, 2.45) is 5.92 Å². The Labute approximate surface area is 84.6 Å². The third kappa shape index (κ3) is 2.07. The molecule has 0 spiro atoms. The zero-order valence-corrected chi connectivity index (χ0v) is 8.66. The summed E-state index contributed by atoms with van der Waals surface area (Å²) in [6.45, 7) is 5.09. The fourth-order valence-corrected chi connectivity index (χ4v) is 2.15. The Morgan fingerprint density at radius 3 is 3.07 bits per heavy atom. The zero-order valence-electron chi connectivity index (χ0n) is 8.66. The van der Waals surface area contributed by atoms with Crippen LogP contribution in [0.1, 0.15) is 19.8 Å². The van der Waals surface area contributed by atoms with E-state index in [-0.39, 0.29) is 12.1 Å². The van der Waals surface area contributed by atoms with E-state index in [0.29, 0.717) is 12.5 Å². The summed E-state index contributed by atoms with van der Waals surface area (Å²) in [5.41, 5.74) is 0. The third-order valence-corrected chi connectivity index (χ3v) is 3.05. The molecule has 0 saturated carbocycles. The van der Waals surface area contributed by atoms with Crippen LogP contribution in [0, 0.1) is 5.92 Å². The minimum Gasteiger partial charge on any atom is -0.381 e. The Morgan fingerprint density at radius 2 is 2.50 bits per heavy atom. The Hall–Kier alpha value is -0.610. The van der Waals surface area contributed by atoms with Crippen LogP contribution in [0.15, 0.2) is 0 Å². The van der Waals surface area contributed by atoms with E-state index in [2.05, 4.69) is 5.32 Å². The van der Waals surface area contributed by atoms with Gasteiger partial charge in [0.1, 0.15) is 0 Å². The highest BCUT2D eigenvalue weighted by Crippen LogP contribution is 2.17. The van der Waals surface area contributed by atoms with Crippen molar-refractivity contribution in [1.29, 1.82) is 0 Å². The van der Waals surface area contributed by atoms with Crippen molar-refractivity contribution in [3.63, 3.8) is 0 Å². The molecule has 0 aromatic heterocycles. The molecule has 2 aliphatic heterocycles. The van der Waals surface area contributed by atoms with E-state index in [1.54, 1.807) is 0 Å². The summed E-state index contributed by atoms with van der Waals surface area (Å²) in [7, 11) is 0. The number of rotatable bonds is 2. The average molecular weight is 198 g/mol. The molecule has 1 N–H and O–H groups in total. The molecule has 2 unspecified atom stereocenters. The van der Waals surface area contributed by atoms with Crippen molar-refractivity contribution in [2.45, 2.75) is 25.9 Å². The maximum atomic E-state index is 11.5. The highest BCUT2D eigenvalue weighted by molar-refractivity contribution is 5.80. The van der Waals surface area contributed by atoms with Gasteiger partial charge in [-0.25, -0.2) is 0 Å². The molecule has 0 bridgehead atoms. The van der Waals surface area contributed by atoms with Gasteiger partial charge >= 0.3 is 0 Å². The summed E-state index contributed by atoms with van der Waals surface area (Å²) >= 11 is 0. The SMILES string of the molecule is CC1NCC(=O)N1CC1CCCOC1. The molecule has 2 rings (SSSR count). The van der Waals surface area contributed by atoms with Gasteiger partial charge < -0.3 is 9.64 Å². The molecule has 4 nitrogen and oxygen atoms in total. The predicted octanol–water partition coefficient (Wildman–Crippen LogP) is 0.191. The van der Waals surface area contributed by atoms with Crippen LogP contribution in [0.2, 0.25) is 0 Å². The van der Waals surface area contributed by atoms with Crippen LogP contribution in [0.5, 0.6) is 0 Å². The molecule has 2 saturated heterocycles. The monoisotopic (exact) mass is 198 g/mol. The highest BCUT2D eigenvalue weighted by atomic mass is 16.5. The van der Waals surface area contributed by atoms with Crippen molar-refractivity contribution in [3.05, 3.63) is 0 Å². The van der Waals surface area contributed by atoms with Gasteiger partial charge in [-0.15, -0.1) is 0 Å². The van der Waals surface area contributed by atoms with E-state index in [0.717, 1.165) is 26.2 Å². The molecule has 80 valence electrons. The maximum absolute atomic E-state index is 11.5. The van der Waals surface area contributed by atoms with Gasteiger partial charge in [0.05, 0.1) is 19.3 Å². The number of nitrogens with one attached hydrogen (secondary N) is 1. The van der Waals surface area contributed by atoms with E-state index in [4.69, 9.17) is 4.74 Å². The van der Waals surface area contributed by atoms with Crippen LogP contribution in [-0.4, -0.2) is 43.3 Å². The number of hydrogen-bond acceptors (Lipinski definition) is 3. The normalized spacial score (nSPS) is 33.8. The van der Waals surface area contributed by atoms with Crippen LogP contribution in [0.3, 0.4) is 0 Å². The first-order valence-electron chi connectivity index (χ1n) is 5.38. The lowest BCUT2D eigenvalue weighted by Gasteiger charge is -2.29. The fraction of sp³-hybridized carbons (Fsp3) is 0.900. The molecular weight excluding hydrogens is 180 g/mol. The summed E-state index contributed by atoms with van der Waals surface area (Å²) < 4.78 is 5.40. The van der Waals surface area contributed by atoms with Gasteiger partial charge in [-0.2, -0.15) is 0 Å². The number of ether oxygens (including phenoxy) is 1. The van der Waals surface area contributed by atoms with E-state index in [9.17, 15) is 4.79 Å². The van der Waals surface area contributed by atoms with Gasteiger partial charge in [0, 0.05) is 19.1 Å². The molecule has 2 atom stereocenters. The summed E-state index contributed by atoms with van der Waals surface area (Å²) in [5, 5.41) is 3.14. The second kappa shape index (κ2) is 4.28. The molecule has 0 aliphatic carbocycles. The van der Waals surface area contributed by atoms with E-state index < -0.39 is 0 Å². The van der Waals surface area contributed by atoms with Crippen molar-refractivity contribution in [3.8, 4) is 0 Å². The van der Waals surface area contributed by atoms with E-state index in [1.807, 2.05) is 11.8 Å². The van der Waals surface area contributed by atoms with Crippen LogP contribution in [0.4, 0.5) is 0 Å². The molecule has 14 heavy (non-hydrogen) atoms. The fourth-order valence-electron chi connectivity index (χ4n) is 2.15. The second-order valence-corrected chi connectivity index (χ2v) is 4.19. The molecule has 0 radical (unpaired) electrons. The summed E-state index contributed by atoms with van der Waals surface area (Å²) in [5.74, 6) is 0.762. The Morgan fingerprint density at radius 1 is 1.64 bits per heavy atom. The molecule has 0 aromatic rings. The quantitative estimate of drug-likeness (QED) is 0.688.